The Morgan fingerprint density at radius 3 is 2.71 bits per heavy atom. The highest BCUT2D eigenvalue weighted by atomic mass is 16.6. The van der Waals surface area contributed by atoms with Gasteiger partial charge in [-0.15, -0.1) is 0 Å². The number of nitrogens with zero attached hydrogens (tertiary/aromatic N) is 1. The second kappa shape index (κ2) is 7.66. The van der Waals surface area contributed by atoms with Gasteiger partial charge in [-0.1, -0.05) is 31.9 Å². The van der Waals surface area contributed by atoms with Crippen molar-refractivity contribution in [1.29, 1.82) is 0 Å². The van der Waals surface area contributed by atoms with Crippen molar-refractivity contribution in [2.24, 2.45) is 0 Å². The molecule has 6 heteroatoms. The molecule has 0 saturated heterocycles. The molecule has 0 aliphatic heterocycles. The van der Waals surface area contributed by atoms with Gasteiger partial charge in [0.25, 0.3) is 0 Å². The number of fused-ring (bicyclic) bond motifs is 1. The fraction of sp³-hybridized carbons (Fsp3) is 0.556. The third-order valence-electron chi connectivity index (χ3n) is 3.52. The van der Waals surface area contributed by atoms with Gasteiger partial charge in [0, 0.05) is 0 Å². The molecule has 0 fully saturated rings. The Hall–Kier alpha value is -2.08. The topological polar surface area (TPSA) is 84.6 Å². The lowest BCUT2D eigenvalue weighted by molar-refractivity contribution is 0.0379. The first kappa shape index (κ1) is 18.3. The van der Waals surface area contributed by atoms with Crippen molar-refractivity contribution >= 4 is 17.2 Å². The van der Waals surface area contributed by atoms with Crippen LogP contribution in [0.25, 0.3) is 11.1 Å². The van der Waals surface area contributed by atoms with Gasteiger partial charge < -0.3 is 19.6 Å². The summed E-state index contributed by atoms with van der Waals surface area (Å²) < 4.78 is 10.9. The summed E-state index contributed by atoms with van der Waals surface area (Å²) in [5.41, 5.74) is 0.693. The number of oxazole rings is 1. The largest absolute Gasteiger partial charge is 0.444 e. The number of carbonyl (C=O) groups excluding carboxylic acids is 1. The molecule has 1 aromatic carbocycles. The van der Waals surface area contributed by atoms with E-state index in [1.54, 1.807) is 26.8 Å². The van der Waals surface area contributed by atoms with Crippen LogP contribution in [0.4, 0.5) is 4.79 Å². The molecule has 1 unspecified atom stereocenters. The predicted octanol–water partition coefficient (Wildman–Crippen LogP) is 3.94. The number of ether oxygens (including phenoxy) is 1. The molecule has 1 heterocycles. The molecule has 0 bridgehead atoms. The second-order valence-corrected chi connectivity index (χ2v) is 6.86. The highest BCUT2D eigenvalue weighted by molar-refractivity contribution is 5.72. The van der Waals surface area contributed by atoms with E-state index in [0.717, 1.165) is 12.8 Å². The third-order valence-corrected chi connectivity index (χ3v) is 3.52. The van der Waals surface area contributed by atoms with Gasteiger partial charge in [0.15, 0.2) is 11.7 Å². The van der Waals surface area contributed by atoms with Gasteiger partial charge in [0.2, 0.25) is 5.89 Å². The number of aliphatic hydroxyl groups is 1. The predicted molar refractivity (Wildman–Crippen MR) is 91.7 cm³/mol. The fourth-order valence-corrected chi connectivity index (χ4v) is 2.38. The summed E-state index contributed by atoms with van der Waals surface area (Å²) in [5, 5.41) is 13.4. The molecular formula is C18H26N2O4. The molecule has 0 aliphatic rings. The molecule has 0 aliphatic carbocycles. The summed E-state index contributed by atoms with van der Waals surface area (Å²) in [6.07, 6.45) is 0.829. The minimum atomic E-state index is -1.03. The number of alkyl carbamates (subject to hydrolysis) is 1. The molecular weight excluding hydrogens is 308 g/mol. The van der Waals surface area contributed by atoms with E-state index in [9.17, 15) is 9.90 Å². The van der Waals surface area contributed by atoms with Crippen molar-refractivity contribution in [2.75, 3.05) is 0 Å². The van der Waals surface area contributed by atoms with E-state index >= 15 is 0 Å². The van der Waals surface area contributed by atoms with Crippen LogP contribution in [0.3, 0.4) is 0 Å². The van der Waals surface area contributed by atoms with Crippen molar-refractivity contribution in [3.63, 3.8) is 0 Å². The lowest BCUT2D eigenvalue weighted by Gasteiger charge is -2.25. The summed E-state index contributed by atoms with van der Waals surface area (Å²) in [5.74, 6) is 0.202. The Morgan fingerprint density at radius 2 is 2.08 bits per heavy atom. The van der Waals surface area contributed by atoms with Gasteiger partial charge in [0.1, 0.15) is 11.1 Å². The van der Waals surface area contributed by atoms with Crippen molar-refractivity contribution in [1.82, 2.24) is 10.3 Å². The van der Waals surface area contributed by atoms with E-state index in [4.69, 9.17) is 9.15 Å². The van der Waals surface area contributed by atoms with Crippen LogP contribution in [0.2, 0.25) is 0 Å². The third kappa shape index (κ3) is 4.96. The number of aromatic nitrogens is 1. The number of hydrogen-bond acceptors (Lipinski definition) is 5. The zero-order valence-electron chi connectivity index (χ0n) is 14.7. The van der Waals surface area contributed by atoms with Crippen LogP contribution in [0.1, 0.15) is 59.0 Å². The maximum Gasteiger partial charge on any atom is 0.407 e. The quantitative estimate of drug-likeness (QED) is 0.835. The molecule has 0 saturated carbocycles. The monoisotopic (exact) mass is 334 g/mol. The number of unbranched alkanes of at least 4 members (excludes halogenated alkanes) is 1. The number of nitrogens with one attached hydrogen (secondary N) is 1. The Morgan fingerprint density at radius 1 is 1.38 bits per heavy atom. The van der Waals surface area contributed by atoms with Crippen LogP contribution in [0.5, 0.6) is 0 Å². The Labute approximate surface area is 142 Å². The smallest absolute Gasteiger partial charge is 0.407 e. The maximum atomic E-state index is 12.0. The number of rotatable bonds is 6. The van der Waals surface area contributed by atoms with Gasteiger partial charge in [-0.3, -0.25) is 0 Å². The van der Waals surface area contributed by atoms with Crippen molar-refractivity contribution in [3.8, 4) is 0 Å². The summed E-state index contributed by atoms with van der Waals surface area (Å²) in [6, 6.07) is 6.79. The van der Waals surface area contributed by atoms with Gasteiger partial charge in [-0.25, -0.2) is 9.78 Å². The SMILES string of the molecule is CCCCC(NC(=O)OC(C)(C)C)[C@H](O)c1nc2ccccc2o1. The van der Waals surface area contributed by atoms with E-state index in [1.807, 2.05) is 18.2 Å². The number of benzene rings is 1. The standard InChI is InChI=1S/C18H26N2O4/c1-5-6-9-13(20-17(22)24-18(2,3)4)15(21)16-19-12-10-7-8-11-14(12)23-16/h7-8,10-11,13,15,21H,5-6,9H2,1-4H3,(H,20,22)/t13?,15-/m0/s1. The summed E-state index contributed by atoms with van der Waals surface area (Å²) in [7, 11) is 0. The Bertz CT molecular complexity index is 642. The van der Waals surface area contributed by atoms with E-state index in [0.29, 0.717) is 17.5 Å². The van der Waals surface area contributed by atoms with E-state index < -0.39 is 23.8 Å². The van der Waals surface area contributed by atoms with E-state index in [2.05, 4.69) is 17.2 Å². The highest BCUT2D eigenvalue weighted by Crippen LogP contribution is 2.24. The minimum Gasteiger partial charge on any atom is -0.444 e. The van der Waals surface area contributed by atoms with Crippen LogP contribution < -0.4 is 5.32 Å². The molecule has 0 radical (unpaired) electrons. The summed E-state index contributed by atoms with van der Waals surface area (Å²) in [4.78, 5) is 16.4. The van der Waals surface area contributed by atoms with Gasteiger partial charge in [0.05, 0.1) is 6.04 Å². The van der Waals surface area contributed by atoms with Crippen LogP contribution in [0, 0.1) is 0 Å². The number of amides is 1. The number of para-hydroxylation sites is 2. The van der Waals surface area contributed by atoms with Crippen LogP contribution in [-0.4, -0.2) is 27.8 Å². The molecule has 1 aromatic heterocycles. The zero-order valence-corrected chi connectivity index (χ0v) is 14.7. The fourth-order valence-electron chi connectivity index (χ4n) is 2.38. The summed E-state index contributed by atoms with van der Waals surface area (Å²) >= 11 is 0. The molecule has 2 N–H and O–H groups in total. The van der Waals surface area contributed by atoms with Crippen LogP contribution >= 0.6 is 0 Å². The molecule has 132 valence electrons. The van der Waals surface area contributed by atoms with Gasteiger partial charge in [-0.05, 0) is 39.3 Å². The van der Waals surface area contributed by atoms with Crippen LogP contribution in [0.15, 0.2) is 28.7 Å². The van der Waals surface area contributed by atoms with Gasteiger partial charge >= 0.3 is 6.09 Å². The first-order valence-electron chi connectivity index (χ1n) is 8.33. The average Bonchev–Trinajstić information content (AvgIpc) is 2.92. The van der Waals surface area contributed by atoms with Crippen molar-refractivity contribution in [3.05, 3.63) is 30.2 Å². The normalized spacial score (nSPS) is 14.4. The summed E-state index contributed by atoms with van der Waals surface area (Å²) in [6.45, 7) is 7.44. The average molecular weight is 334 g/mol. The van der Waals surface area contributed by atoms with Gasteiger partial charge in [-0.2, -0.15) is 0 Å². The van der Waals surface area contributed by atoms with Crippen molar-refractivity contribution in [2.45, 2.75) is 64.7 Å². The van der Waals surface area contributed by atoms with E-state index in [-0.39, 0.29) is 5.89 Å². The van der Waals surface area contributed by atoms with Crippen LogP contribution in [-0.2, 0) is 4.74 Å². The molecule has 2 aromatic rings. The number of hydrogen-bond donors (Lipinski definition) is 2. The second-order valence-electron chi connectivity index (χ2n) is 6.86. The Kier molecular flexibility index (Phi) is 5.83. The number of carbonyl (C=O) groups is 1. The minimum absolute atomic E-state index is 0.202. The molecule has 24 heavy (non-hydrogen) atoms. The molecule has 0 spiro atoms. The zero-order chi connectivity index (χ0) is 17.7. The number of aliphatic hydroxyl groups excluding tert-OH is 1. The highest BCUT2D eigenvalue weighted by Gasteiger charge is 2.28. The lowest BCUT2D eigenvalue weighted by atomic mass is 10.0. The molecule has 2 atom stereocenters. The molecule has 6 nitrogen and oxygen atoms in total. The molecule has 2 rings (SSSR count). The van der Waals surface area contributed by atoms with E-state index in [1.165, 1.54) is 0 Å². The molecule has 1 amide bonds. The lowest BCUT2D eigenvalue weighted by Crippen LogP contribution is -2.42. The first-order chi connectivity index (χ1) is 11.3. The maximum absolute atomic E-state index is 12.0. The van der Waals surface area contributed by atoms with Crippen molar-refractivity contribution < 1.29 is 19.1 Å². The Balaban J connectivity index is 2.14. The first-order valence-corrected chi connectivity index (χ1v) is 8.33.